The number of methoxy groups -OCH3 is 1. The number of rotatable bonds is 4. The highest BCUT2D eigenvalue weighted by molar-refractivity contribution is 5.66. The van der Waals surface area contributed by atoms with E-state index in [1.54, 1.807) is 19.2 Å². The zero-order chi connectivity index (χ0) is 14.0. The monoisotopic (exact) mass is 265 g/mol. The fraction of sp³-hybridized carbons (Fsp3) is 0.538. The number of hydrogen-bond donors (Lipinski definition) is 0. The Morgan fingerprint density at radius 1 is 1.47 bits per heavy atom. The van der Waals surface area contributed by atoms with Crippen LogP contribution in [0.15, 0.2) is 18.2 Å². The van der Waals surface area contributed by atoms with Gasteiger partial charge in [0, 0.05) is 31.3 Å². The van der Waals surface area contributed by atoms with Crippen molar-refractivity contribution >= 4 is 11.4 Å². The van der Waals surface area contributed by atoms with Crippen LogP contribution in [0.2, 0.25) is 0 Å². The van der Waals surface area contributed by atoms with Gasteiger partial charge in [0.25, 0.3) is 5.69 Å². The molecule has 1 aromatic carbocycles. The van der Waals surface area contributed by atoms with Crippen molar-refractivity contribution in [3.63, 3.8) is 0 Å². The lowest BCUT2D eigenvalue weighted by atomic mass is 10.2. The topological polar surface area (TPSA) is 58.9 Å². The Labute approximate surface area is 112 Å². The lowest BCUT2D eigenvalue weighted by Gasteiger charge is -2.22. The van der Waals surface area contributed by atoms with Gasteiger partial charge in [0.1, 0.15) is 11.4 Å². The Kier molecular flexibility index (Phi) is 3.90. The van der Waals surface area contributed by atoms with Crippen molar-refractivity contribution in [1.82, 2.24) is 4.90 Å². The molecule has 0 radical (unpaired) electrons. The summed E-state index contributed by atoms with van der Waals surface area (Å²) in [5.41, 5.74) is 0.786. The summed E-state index contributed by atoms with van der Waals surface area (Å²) in [6.07, 6.45) is 1.02. The van der Waals surface area contributed by atoms with E-state index in [-0.39, 0.29) is 10.6 Å². The third kappa shape index (κ3) is 2.78. The fourth-order valence-corrected chi connectivity index (χ4v) is 2.42. The molecule has 0 bridgehead atoms. The number of nitro benzene ring substituents is 1. The van der Waals surface area contributed by atoms with Gasteiger partial charge >= 0.3 is 0 Å². The summed E-state index contributed by atoms with van der Waals surface area (Å²) in [4.78, 5) is 15.0. The number of benzene rings is 1. The van der Waals surface area contributed by atoms with Crippen LogP contribution in [0.3, 0.4) is 0 Å². The predicted molar refractivity (Wildman–Crippen MR) is 74.0 cm³/mol. The van der Waals surface area contributed by atoms with Crippen molar-refractivity contribution in [2.75, 3.05) is 39.2 Å². The average Bonchev–Trinajstić information content (AvgIpc) is 2.87. The molecule has 6 nitrogen and oxygen atoms in total. The zero-order valence-electron chi connectivity index (χ0n) is 11.5. The van der Waals surface area contributed by atoms with E-state index in [1.165, 1.54) is 6.07 Å². The minimum atomic E-state index is -0.336. The third-order valence-electron chi connectivity index (χ3n) is 3.61. The van der Waals surface area contributed by atoms with Gasteiger partial charge in [-0.05, 0) is 26.6 Å². The number of anilines is 1. The number of ether oxygens (including phenoxy) is 1. The third-order valence-corrected chi connectivity index (χ3v) is 3.61. The minimum Gasteiger partial charge on any atom is -0.497 e. The van der Waals surface area contributed by atoms with Gasteiger partial charge in [-0.2, -0.15) is 0 Å². The first kappa shape index (κ1) is 13.6. The molecule has 104 valence electrons. The smallest absolute Gasteiger partial charge is 0.292 e. The fourth-order valence-electron chi connectivity index (χ4n) is 2.42. The predicted octanol–water partition coefficient (Wildman–Crippen LogP) is 1.74. The van der Waals surface area contributed by atoms with Crippen LogP contribution in [0, 0.1) is 10.1 Å². The lowest BCUT2D eigenvalue weighted by molar-refractivity contribution is -0.384. The Balaban J connectivity index is 2.30. The highest BCUT2D eigenvalue weighted by Crippen LogP contribution is 2.34. The van der Waals surface area contributed by atoms with E-state index in [1.807, 2.05) is 14.1 Å². The highest BCUT2D eigenvalue weighted by atomic mass is 16.6. The number of likely N-dealkylation sites (N-methyl/N-ethyl adjacent to an activating group) is 1. The average molecular weight is 265 g/mol. The molecular formula is C13H19N3O3. The molecule has 1 aromatic rings. The first-order valence-corrected chi connectivity index (χ1v) is 6.26. The van der Waals surface area contributed by atoms with Crippen LogP contribution in [0.4, 0.5) is 11.4 Å². The zero-order valence-corrected chi connectivity index (χ0v) is 11.5. The number of nitrogens with zero attached hydrogens (tertiary/aromatic N) is 3. The van der Waals surface area contributed by atoms with Crippen molar-refractivity contribution in [3.05, 3.63) is 28.3 Å². The molecule has 1 fully saturated rings. The van der Waals surface area contributed by atoms with Gasteiger partial charge in [-0.3, -0.25) is 10.1 Å². The van der Waals surface area contributed by atoms with Crippen LogP contribution < -0.4 is 9.64 Å². The van der Waals surface area contributed by atoms with Gasteiger partial charge in [-0.15, -0.1) is 0 Å². The van der Waals surface area contributed by atoms with Crippen molar-refractivity contribution in [1.29, 1.82) is 0 Å². The van der Waals surface area contributed by atoms with Gasteiger partial charge in [-0.1, -0.05) is 0 Å². The summed E-state index contributed by atoms with van der Waals surface area (Å²) >= 11 is 0. The molecule has 6 heteroatoms. The Bertz CT molecular complexity index is 476. The molecule has 1 saturated heterocycles. The molecule has 0 N–H and O–H groups in total. The molecule has 0 amide bonds. The van der Waals surface area contributed by atoms with E-state index >= 15 is 0 Å². The first-order chi connectivity index (χ1) is 9.02. The molecule has 0 unspecified atom stereocenters. The second kappa shape index (κ2) is 5.44. The van der Waals surface area contributed by atoms with E-state index < -0.39 is 0 Å². The van der Waals surface area contributed by atoms with Crippen molar-refractivity contribution in [3.8, 4) is 5.75 Å². The van der Waals surface area contributed by atoms with Crippen molar-refractivity contribution in [2.45, 2.75) is 12.5 Å². The molecule has 19 heavy (non-hydrogen) atoms. The highest BCUT2D eigenvalue weighted by Gasteiger charge is 2.28. The largest absolute Gasteiger partial charge is 0.497 e. The molecule has 1 heterocycles. The van der Waals surface area contributed by atoms with Crippen LogP contribution in [0.1, 0.15) is 6.42 Å². The maximum absolute atomic E-state index is 11.1. The summed E-state index contributed by atoms with van der Waals surface area (Å²) in [6.45, 7) is 1.64. The normalized spacial score (nSPS) is 18.9. The standard InChI is InChI=1S/C13H19N3O3/c1-14(2)10-6-7-15(9-10)13-8-11(19-3)4-5-12(13)16(17)18/h4-5,8,10H,6-7,9H2,1-3H3/t10-/m1/s1. The van der Waals surface area contributed by atoms with E-state index in [4.69, 9.17) is 4.74 Å². The molecule has 2 rings (SSSR count). The van der Waals surface area contributed by atoms with E-state index in [0.717, 1.165) is 19.5 Å². The molecule has 0 aromatic heterocycles. The van der Waals surface area contributed by atoms with Gasteiger partial charge in [0.15, 0.2) is 0 Å². The lowest BCUT2D eigenvalue weighted by Crippen LogP contribution is -2.31. The maximum Gasteiger partial charge on any atom is 0.292 e. The minimum absolute atomic E-state index is 0.139. The Hall–Kier alpha value is -1.82. The van der Waals surface area contributed by atoms with Gasteiger partial charge < -0.3 is 14.5 Å². The molecule has 1 aliphatic heterocycles. The van der Waals surface area contributed by atoms with Crippen molar-refractivity contribution in [2.24, 2.45) is 0 Å². The van der Waals surface area contributed by atoms with Crippen LogP contribution in [-0.2, 0) is 0 Å². The van der Waals surface area contributed by atoms with E-state index in [2.05, 4.69) is 9.80 Å². The molecule has 1 aliphatic rings. The second-order valence-electron chi connectivity index (χ2n) is 4.96. The molecular weight excluding hydrogens is 246 g/mol. The van der Waals surface area contributed by atoms with Crippen molar-refractivity contribution < 1.29 is 9.66 Å². The van der Waals surface area contributed by atoms with Crippen LogP contribution in [0.25, 0.3) is 0 Å². The van der Waals surface area contributed by atoms with E-state index in [0.29, 0.717) is 17.5 Å². The summed E-state index contributed by atoms with van der Waals surface area (Å²) in [5, 5.41) is 11.1. The van der Waals surface area contributed by atoms with Crippen LogP contribution in [0.5, 0.6) is 5.75 Å². The number of nitro groups is 1. The quantitative estimate of drug-likeness (QED) is 0.613. The van der Waals surface area contributed by atoms with Crippen LogP contribution in [-0.4, -0.2) is 50.2 Å². The molecule has 1 atom stereocenters. The SMILES string of the molecule is COc1ccc([N+](=O)[O-])c(N2CC[C@@H](N(C)C)C2)c1. The maximum atomic E-state index is 11.1. The molecule has 0 aliphatic carbocycles. The Morgan fingerprint density at radius 3 is 2.74 bits per heavy atom. The Morgan fingerprint density at radius 2 is 2.21 bits per heavy atom. The van der Waals surface area contributed by atoms with Gasteiger partial charge in [-0.25, -0.2) is 0 Å². The van der Waals surface area contributed by atoms with E-state index in [9.17, 15) is 10.1 Å². The van der Waals surface area contributed by atoms with Crippen LogP contribution >= 0.6 is 0 Å². The number of hydrogen-bond acceptors (Lipinski definition) is 5. The first-order valence-electron chi connectivity index (χ1n) is 6.26. The second-order valence-corrected chi connectivity index (χ2v) is 4.96. The summed E-state index contributed by atoms with van der Waals surface area (Å²) in [6, 6.07) is 5.32. The summed E-state index contributed by atoms with van der Waals surface area (Å²) in [7, 11) is 5.64. The van der Waals surface area contributed by atoms with Gasteiger partial charge in [0.2, 0.25) is 0 Å². The summed E-state index contributed by atoms with van der Waals surface area (Å²) in [5.74, 6) is 0.647. The van der Waals surface area contributed by atoms with Gasteiger partial charge in [0.05, 0.1) is 12.0 Å². The summed E-state index contributed by atoms with van der Waals surface area (Å²) < 4.78 is 5.16. The molecule has 0 saturated carbocycles. The molecule has 0 spiro atoms.